The average Bonchev–Trinajstić information content (AvgIpc) is 2.76. The topological polar surface area (TPSA) is 111 Å². The van der Waals surface area contributed by atoms with E-state index in [0.29, 0.717) is 12.2 Å². The minimum absolute atomic E-state index is 0.0136. The summed E-state index contributed by atoms with van der Waals surface area (Å²) >= 11 is 0. The Kier molecular flexibility index (Phi) is 6.95. The van der Waals surface area contributed by atoms with Gasteiger partial charge in [-0.1, -0.05) is 42.5 Å². The monoisotopic (exact) mass is 419 g/mol. The van der Waals surface area contributed by atoms with Gasteiger partial charge in [0, 0.05) is 18.3 Å². The van der Waals surface area contributed by atoms with Gasteiger partial charge in [0.15, 0.2) is 6.61 Å². The molecule has 158 valence electrons. The van der Waals surface area contributed by atoms with E-state index < -0.39 is 23.4 Å². The molecule has 0 aliphatic carbocycles. The molecular weight excluding hydrogens is 398 g/mol. The van der Waals surface area contributed by atoms with Crippen molar-refractivity contribution in [1.29, 1.82) is 0 Å². The summed E-state index contributed by atoms with van der Waals surface area (Å²) in [6.45, 7) is 1.78. The van der Waals surface area contributed by atoms with Gasteiger partial charge in [0.2, 0.25) is 0 Å². The average molecular weight is 419 g/mol. The molecule has 0 atom stereocenters. The molecule has 8 heteroatoms. The number of nitro benzene ring substituents is 1. The van der Waals surface area contributed by atoms with Crippen molar-refractivity contribution in [3.05, 3.63) is 99.6 Å². The van der Waals surface area contributed by atoms with Crippen LogP contribution < -0.4 is 10.6 Å². The lowest BCUT2D eigenvalue weighted by Crippen LogP contribution is -2.21. The summed E-state index contributed by atoms with van der Waals surface area (Å²) in [5.74, 6) is -1.33. The van der Waals surface area contributed by atoms with Crippen molar-refractivity contribution >= 4 is 28.9 Å². The minimum atomic E-state index is -0.822. The zero-order valence-corrected chi connectivity index (χ0v) is 16.8. The fraction of sp³-hybridized carbons (Fsp3) is 0.130. The first-order valence-electron chi connectivity index (χ1n) is 9.52. The van der Waals surface area contributed by atoms with E-state index in [4.69, 9.17) is 4.74 Å². The lowest BCUT2D eigenvalue weighted by Gasteiger charge is -2.10. The van der Waals surface area contributed by atoms with Crippen LogP contribution in [0.25, 0.3) is 0 Å². The third-order valence-electron chi connectivity index (χ3n) is 4.39. The van der Waals surface area contributed by atoms with Crippen molar-refractivity contribution in [1.82, 2.24) is 0 Å². The first-order valence-corrected chi connectivity index (χ1v) is 9.52. The lowest BCUT2D eigenvalue weighted by molar-refractivity contribution is -0.384. The van der Waals surface area contributed by atoms with Crippen LogP contribution in [0.15, 0.2) is 72.8 Å². The van der Waals surface area contributed by atoms with Crippen LogP contribution in [0.2, 0.25) is 0 Å². The first kappa shape index (κ1) is 21.5. The highest BCUT2D eigenvalue weighted by molar-refractivity contribution is 5.96. The van der Waals surface area contributed by atoms with E-state index in [1.54, 1.807) is 18.2 Å². The molecule has 31 heavy (non-hydrogen) atoms. The summed E-state index contributed by atoms with van der Waals surface area (Å²) in [6.07, 6.45) is 0. The first-order chi connectivity index (χ1) is 14.9. The highest BCUT2D eigenvalue weighted by atomic mass is 16.6. The van der Waals surface area contributed by atoms with Gasteiger partial charge in [0.25, 0.3) is 11.6 Å². The van der Waals surface area contributed by atoms with Crippen molar-refractivity contribution in [3.8, 4) is 0 Å². The van der Waals surface area contributed by atoms with E-state index in [2.05, 4.69) is 10.6 Å². The number of hydrogen-bond donors (Lipinski definition) is 2. The minimum Gasteiger partial charge on any atom is -0.452 e. The molecule has 0 radical (unpaired) electrons. The van der Waals surface area contributed by atoms with Crippen LogP contribution in [-0.4, -0.2) is 23.4 Å². The Hall–Kier alpha value is -4.20. The van der Waals surface area contributed by atoms with E-state index in [9.17, 15) is 19.7 Å². The third kappa shape index (κ3) is 6.14. The maximum Gasteiger partial charge on any atom is 0.338 e. The molecule has 0 fully saturated rings. The Morgan fingerprint density at radius 1 is 1.00 bits per heavy atom. The van der Waals surface area contributed by atoms with Crippen LogP contribution in [0.1, 0.15) is 21.5 Å². The molecule has 0 spiro atoms. The predicted octanol–water partition coefficient (Wildman–Crippen LogP) is 4.31. The molecule has 0 saturated carbocycles. The van der Waals surface area contributed by atoms with Crippen molar-refractivity contribution in [2.45, 2.75) is 13.5 Å². The van der Waals surface area contributed by atoms with Gasteiger partial charge in [-0.2, -0.15) is 0 Å². The fourth-order valence-corrected chi connectivity index (χ4v) is 2.89. The number of esters is 1. The number of aryl methyl sites for hydroxylation is 1. The second-order valence-electron chi connectivity index (χ2n) is 6.82. The number of nitrogens with zero attached hydrogens (tertiary/aromatic N) is 1. The van der Waals surface area contributed by atoms with Gasteiger partial charge in [-0.3, -0.25) is 14.9 Å². The molecule has 3 aromatic rings. The Morgan fingerprint density at radius 3 is 2.48 bits per heavy atom. The summed E-state index contributed by atoms with van der Waals surface area (Å²) in [5, 5.41) is 17.1. The Bertz CT molecular complexity index is 1100. The zero-order chi connectivity index (χ0) is 22.2. The number of hydrogen-bond acceptors (Lipinski definition) is 6. The van der Waals surface area contributed by atoms with Crippen LogP contribution >= 0.6 is 0 Å². The number of ether oxygens (including phenoxy) is 1. The highest BCUT2D eigenvalue weighted by Gasteiger charge is 2.19. The molecular formula is C23H21N3O5. The molecule has 3 rings (SSSR count). The van der Waals surface area contributed by atoms with Gasteiger partial charge in [0.05, 0.1) is 10.5 Å². The quantitative estimate of drug-likeness (QED) is 0.320. The Morgan fingerprint density at radius 2 is 1.77 bits per heavy atom. The SMILES string of the molecule is Cc1cccc(NC(=O)COC(=O)c2ccc(NCc3ccccc3)c([N+](=O)[O-])c2)c1. The van der Waals surface area contributed by atoms with E-state index in [1.165, 1.54) is 12.1 Å². The Labute approximate surface area is 179 Å². The largest absolute Gasteiger partial charge is 0.452 e. The molecule has 3 aromatic carbocycles. The van der Waals surface area contributed by atoms with Crippen LogP contribution in [-0.2, 0) is 16.1 Å². The smallest absolute Gasteiger partial charge is 0.338 e. The number of anilines is 2. The maximum atomic E-state index is 12.3. The van der Waals surface area contributed by atoms with E-state index in [1.807, 2.05) is 43.3 Å². The van der Waals surface area contributed by atoms with Crippen molar-refractivity contribution < 1.29 is 19.2 Å². The van der Waals surface area contributed by atoms with E-state index in [0.717, 1.165) is 17.2 Å². The molecule has 0 bridgehead atoms. The third-order valence-corrected chi connectivity index (χ3v) is 4.39. The zero-order valence-electron chi connectivity index (χ0n) is 16.8. The van der Waals surface area contributed by atoms with Crippen LogP contribution in [0, 0.1) is 17.0 Å². The molecule has 0 aliphatic rings. The lowest BCUT2D eigenvalue weighted by atomic mass is 10.1. The Balaban J connectivity index is 1.62. The van der Waals surface area contributed by atoms with Crippen molar-refractivity contribution in [2.24, 2.45) is 0 Å². The second kappa shape index (κ2) is 10.0. The molecule has 1 amide bonds. The standard InChI is InChI=1S/C23H21N3O5/c1-16-6-5-9-19(12-16)25-22(27)15-31-23(28)18-10-11-20(21(13-18)26(29)30)24-14-17-7-3-2-4-8-17/h2-13,24H,14-15H2,1H3,(H,25,27). The summed E-state index contributed by atoms with van der Waals surface area (Å²) < 4.78 is 5.00. The molecule has 0 heterocycles. The van der Waals surface area contributed by atoms with Gasteiger partial charge in [-0.15, -0.1) is 0 Å². The number of rotatable bonds is 8. The molecule has 8 nitrogen and oxygen atoms in total. The van der Waals surface area contributed by atoms with Crippen LogP contribution in [0.4, 0.5) is 17.1 Å². The molecule has 2 N–H and O–H groups in total. The van der Waals surface area contributed by atoms with Crippen molar-refractivity contribution in [2.75, 3.05) is 17.2 Å². The second-order valence-corrected chi connectivity index (χ2v) is 6.82. The fourth-order valence-electron chi connectivity index (χ4n) is 2.89. The molecule has 0 unspecified atom stereocenters. The maximum absolute atomic E-state index is 12.3. The van der Waals surface area contributed by atoms with E-state index >= 15 is 0 Å². The van der Waals surface area contributed by atoms with Gasteiger partial charge in [-0.25, -0.2) is 4.79 Å². The number of amides is 1. The van der Waals surface area contributed by atoms with Gasteiger partial charge in [-0.05, 0) is 42.3 Å². The summed E-state index contributed by atoms with van der Waals surface area (Å²) in [4.78, 5) is 35.2. The summed E-state index contributed by atoms with van der Waals surface area (Å²) in [6, 6.07) is 20.6. The summed E-state index contributed by atoms with van der Waals surface area (Å²) in [5.41, 5.74) is 2.53. The van der Waals surface area contributed by atoms with Crippen LogP contribution in [0.5, 0.6) is 0 Å². The van der Waals surface area contributed by atoms with Crippen LogP contribution in [0.3, 0.4) is 0 Å². The molecule has 0 saturated heterocycles. The number of nitro groups is 1. The highest BCUT2D eigenvalue weighted by Crippen LogP contribution is 2.26. The summed E-state index contributed by atoms with van der Waals surface area (Å²) in [7, 11) is 0. The number of carbonyl (C=O) groups excluding carboxylic acids is 2. The predicted molar refractivity (Wildman–Crippen MR) is 117 cm³/mol. The normalized spacial score (nSPS) is 10.2. The van der Waals surface area contributed by atoms with Gasteiger partial charge in [0.1, 0.15) is 5.69 Å². The van der Waals surface area contributed by atoms with Gasteiger partial charge < -0.3 is 15.4 Å². The number of benzene rings is 3. The number of nitrogens with one attached hydrogen (secondary N) is 2. The molecule has 0 aliphatic heterocycles. The molecule has 0 aromatic heterocycles. The van der Waals surface area contributed by atoms with Gasteiger partial charge >= 0.3 is 5.97 Å². The number of carbonyl (C=O) groups is 2. The van der Waals surface area contributed by atoms with E-state index in [-0.39, 0.29) is 16.9 Å². The van der Waals surface area contributed by atoms with Crippen molar-refractivity contribution in [3.63, 3.8) is 0 Å².